The van der Waals surface area contributed by atoms with Gasteiger partial charge in [0.1, 0.15) is 5.75 Å². The number of benzene rings is 3. The molecule has 0 bridgehead atoms. The third-order valence-corrected chi connectivity index (χ3v) is 5.02. The first kappa shape index (κ1) is 20.5. The average molecular weight is 424 g/mol. The molecule has 1 aliphatic heterocycles. The van der Waals surface area contributed by atoms with Crippen LogP contribution >= 0.6 is 0 Å². The number of nitrogens with one attached hydrogen (secondary N) is 1. The van der Waals surface area contributed by atoms with Gasteiger partial charge in [-0.1, -0.05) is 36.4 Å². The Balaban J connectivity index is 1.41. The van der Waals surface area contributed by atoms with Gasteiger partial charge in [0.15, 0.2) is 0 Å². The molecule has 0 unspecified atom stereocenters. The van der Waals surface area contributed by atoms with E-state index in [4.69, 9.17) is 0 Å². The van der Waals surface area contributed by atoms with Crippen LogP contribution in [0.15, 0.2) is 60.7 Å². The van der Waals surface area contributed by atoms with Crippen molar-refractivity contribution < 1.29 is 27.9 Å². The number of para-hydroxylation sites is 2. The van der Waals surface area contributed by atoms with Crippen molar-refractivity contribution in [3.63, 3.8) is 0 Å². The van der Waals surface area contributed by atoms with Gasteiger partial charge in [-0.2, -0.15) is 8.78 Å². The summed E-state index contributed by atoms with van der Waals surface area (Å²) < 4.78 is 29.4. The molecule has 8 heteroatoms. The lowest BCUT2D eigenvalue weighted by atomic mass is 9.94. The van der Waals surface area contributed by atoms with Gasteiger partial charge in [-0.15, -0.1) is 0 Å². The molecule has 158 valence electrons. The normalized spacial score (nSPS) is 13.1. The van der Waals surface area contributed by atoms with Crippen molar-refractivity contribution >= 4 is 34.2 Å². The number of carbonyl (C=O) groups excluding carboxylic acids is 3. The molecule has 0 saturated carbocycles. The zero-order valence-corrected chi connectivity index (χ0v) is 16.3. The predicted molar refractivity (Wildman–Crippen MR) is 110 cm³/mol. The number of rotatable bonds is 7. The van der Waals surface area contributed by atoms with E-state index < -0.39 is 24.3 Å². The number of hydrogen-bond donors (Lipinski definition) is 1. The van der Waals surface area contributed by atoms with Crippen LogP contribution < -0.4 is 10.1 Å². The molecule has 1 heterocycles. The highest BCUT2D eigenvalue weighted by Crippen LogP contribution is 2.30. The van der Waals surface area contributed by atoms with E-state index in [2.05, 4.69) is 10.1 Å². The summed E-state index contributed by atoms with van der Waals surface area (Å²) in [6.45, 7) is -2.95. The Morgan fingerprint density at radius 1 is 0.935 bits per heavy atom. The minimum atomic E-state index is -3.01. The van der Waals surface area contributed by atoms with Crippen LogP contribution in [-0.2, 0) is 4.79 Å². The molecule has 6 nitrogen and oxygen atoms in total. The van der Waals surface area contributed by atoms with E-state index in [0.717, 1.165) is 10.3 Å². The largest absolute Gasteiger partial charge is 0.433 e. The molecule has 3 amide bonds. The maximum atomic E-state index is 12.8. The van der Waals surface area contributed by atoms with Crippen LogP contribution in [0.5, 0.6) is 5.75 Å². The fraction of sp³-hybridized carbons (Fsp3) is 0.174. The molecule has 0 aromatic heterocycles. The highest BCUT2D eigenvalue weighted by molar-refractivity contribution is 6.25. The first-order valence-electron chi connectivity index (χ1n) is 9.67. The SMILES string of the molecule is O=C(CCCN1C(=O)c2cccc3cccc(c23)C1=O)Nc1ccccc1OC(F)F. The number of halogens is 2. The fourth-order valence-corrected chi connectivity index (χ4v) is 3.66. The van der Waals surface area contributed by atoms with E-state index in [1.54, 1.807) is 30.3 Å². The number of anilines is 1. The molecule has 4 rings (SSSR count). The van der Waals surface area contributed by atoms with E-state index in [1.807, 2.05) is 12.1 Å². The minimum absolute atomic E-state index is 0.00802. The van der Waals surface area contributed by atoms with Crippen molar-refractivity contribution in [1.82, 2.24) is 4.90 Å². The van der Waals surface area contributed by atoms with Crippen molar-refractivity contribution in [1.29, 1.82) is 0 Å². The molecule has 3 aromatic carbocycles. The van der Waals surface area contributed by atoms with E-state index in [0.29, 0.717) is 16.5 Å². The van der Waals surface area contributed by atoms with Crippen LogP contribution in [0.3, 0.4) is 0 Å². The Morgan fingerprint density at radius 3 is 2.23 bits per heavy atom. The van der Waals surface area contributed by atoms with Gasteiger partial charge in [0.05, 0.1) is 5.69 Å². The molecule has 3 aromatic rings. The fourth-order valence-electron chi connectivity index (χ4n) is 3.66. The summed E-state index contributed by atoms with van der Waals surface area (Å²) in [5.74, 6) is -1.38. The van der Waals surface area contributed by atoms with Crippen LogP contribution in [0.1, 0.15) is 33.6 Å². The average Bonchev–Trinajstić information content (AvgIpc) is 2.75. The highest BCUT2D eigenvalue weighted by atomic mass is 19.3. The van der Waals surface area contributed by atoms with Gasteiger partial charge in [0.2, 0.25) is 5.91 Å². The highest BCUT2D eigenvalue weighted by Gasteiger charge is 2.32. The monoisotopic (exact) mass is 424 g/mol. The molecule has 0 fully saturated rings. The number of alkyl halides is 2. The summed E-state index contributed by atoms with van der Waals surface area (Å²) in [6.07, 6.45) is 0.214. The first-order chi connectivity index (χ1) is 15.0. The van der Waals surface area contributed by atoms with Gasteiger partial charge in [-0.05, 0) is 36.1 Å². The van der Waals surface area contributed by atoms with Gasteiger partial charge >= 0.3 is 6.61 Å². The molecule has 1 N–H and O–H groups in total. The van der Waals surface area contributed by atoms with Crippen molar-refractivity contribution in [3.05, 3.63) is 71.8 Å². The Labute approximate surface area is 176 Å². The second-order valence-electron chi connectivity index (χ2n) is 7.00. The van der Waals surface area contributed by atoms with Gasteiger partial charge in [-0.25, -0.2) is 0 Å². The van der Waals surface area contributed by atoms with Crippen LogP contribution in [0.2, 0.25) is 0 Å². The molecular formula is C23H18F2N2O4. The lowest BCUT2D eigenvalue weighted by molar-refractivity contribution is -0.116. The van der Waals surface area contributed by atoms with Gasteiger partial charge < -0.3 is 10.1 Å². The Bertz CT molecular complexity index is 1130. The van der Waals surface area contributed by atoms with Crippen LogP contribution in [0.4, 0.5) is 14.5 Å². The Morgan fingerprint density at radius 2 is 1.58 bits per heavy atom. The number of amides is 3. The molecule has 0 atom stereocenters. The molecule has 0 saturated heterocycles. The molecule has 0 aliphatic carbocycles. The third kappa shape index (κ3) is 4.09. The summed E-state index contributed by atoms with van der Waals surface area (Å²) in [5, 5.41) is 3.99. The number of hydrogen-bond acceptors (Lipinski definition) is 4. The Kier molecular flexibility index (Phi) is 5.62. The Hall–Kier alpha value is -3.81. The minimum Gasteiger partial charge on any atom is -0.433 e. The zero-order chi connectivity index (χ0) is 22.0. The van der Waals surface area contributed by atoms with Crippen LogP contribution in [0.25, 0.3) is 10.8 Å². The van der Waals surface area contributed by atoms with Gasteiger partial charge in [-0.3, -0.25) is 19.3 Å². The maximum Gasteiger partial charge on any atom is 0.387 e. The van der Waals surface area contributed by atoms with E-state index in [9.17, 15) is 23.2 Å². The third-order valence-electron chi connectivity index (χ3n) is 5.02. The summed E-state index contributed by atoms with van der Waals surface area (Å²) in [7, 11) is 0. The maximum absolute atomic E-state index is 12.8. The molecule has 31 heavy (non-hydrogen) atoms. The van der Waals surface area contributed by atoms with Crippen LogP contribution in [0, 0.1) is 0 Å². The van der Waals surface area contributed by atoms with E-state index >= 15 is 0 Å². The van der Waals surface area contributed by atoms with Crippen molar-refractivity contribution in [2.24, 2.45) is 0 Å². The molecule has 0 radical (unpaired) electrons. The lowest BCUT2D eigenvalue weighted by Crippen LogP contribution is -2.41. The van der Waals surface area contributed by atoms with E-state index in [-0.39, 0.29) is 30.8 Å². The second-order valence-corrected chi connectivity index (χ2v) is 7.00. The number of ether oxygens (including phenoxy) is 1. The number of imide groups is 1. The van der Waals surface area contributed by atoms with Gasteiger partial charge in [0.25, 0.3) is 11.8 Å². The summed E-state index contributed by atoms with van der Waals surface area (Å²) in [6, 6.07) is 16.4. The van der Waals surface area contributed by atoms with Crippen LogP contribution in [-0.4, -0.2) is 35.8 Å². The quantitative estimate of drug-likeness (QED) is 0.569. The van der Waals surface area contributed by atoms with Crippen molar-refractivity contribution in [3.8, 4) is 5.75 Å². The van der Waals surface area contributed by atoms with E-state index in [1.165, 1.54) is 18.2 Å². The van der Waals surface area contributed by atoms with Gasteiger partial charge in [0, 0.05) is 29.5 Å². The predicted octanol–water partition coefficient (Wildman–Crippen LogP) is 4.46. The molecule has 1 aliphatic rings. The zero-order valence-electron chi connectivity index (χ0n) is 16.3. The number of carbonyl (C=O) groups is 3. The lowest BCUT2D eigenvalue weighted by Gasteiger charge is -2.27. The summed E-state index contributed by atoms with van der Waals surface area (Å²) in [4.78, 5) is 39.1. The standard InChI is InChI=1S/C23H18F2N2O4/c24-23(25)31-18-11-2-1-10-17(18)26-19(28)12-5-13-27-21(29)15-8-3-6-14-7-4-9-16(20(14)15)22(27)30/h1-4,6-11,23H,5,12-13H2,(H,26,28). The topological polar surface area (TPSA) is 75.7 Å². The first-order valence-corrected chi connectivity index (χ1v) is 9.67. The summed E-state index contributed by atoms with van der Waals surface area (Å²) >= 11 is 0. The van der Waals surface area contributed by atoms with Crippen molar-refractivity contribution in [2.75, 3.05) is 11.9 Å². The number of nitrogens with zero attached hydrogens (tertiary/aromatic N) is 1. The summed E-state index contributed by atoms with van der Waals surface area (Å²) in [5.41, 5.74) is 1.03. The molecule has 0 spiro atoms. The van der Waals surface area contributed by atoms with Crippen molar-refractivity contribution in [2.45, 2.75) is 19.5 Å². The smallest absolute Gasteiger partial charge is 0.387 e. The second kappa shape index (κ2) is 8.51. The molecular weight excluding hydrogens is 406 g/mol.